The van der Waals surface area contributed by atoms with Crippen LogP contribution in [0.15, 0.2) is 30.3 Å². The molecule has 0 spiro atoms. The first kappa shape index (κ1) is 20.0. The van der Waals surface area contributed by atoms with E-state index in [9.17, 15) is 18.0 Å². The standard InChI is InChI=1S/C23H23F3N4O/c1-13-6-5-7-14(2)29(13)22(31)18-12-19-27-20-16-9-4-3-8-15(16)10-11-17(20)21(23(24,25)26)30(19)28-18/h3-4,8-9,12-14H,5-7,10-11H2,1-2H3/t13-,14-/m0/s1. The number of fused-ring (bicyclic) bond motifs is 4. The fourth-order valence-electron chi connectivity index (χ4n) is 5.08. The molecule has 1 aliphatic carbocycles. The van der Waals surface area contributed by atoms with Crippen molar-refractivity contribution < 1.29 is 18.0 Å². The van der Waals surface area contributed by atoms with Crippen molar-refractivity contribution in [2.45, 2.75) is 64.2 Å². The topological polar surface area (TPSA) is 50.5 Å². The van der Waals surface area contributed by atoms with E-state index in [1.54, 1.807) is 17.0 Å². The van der Waals surface area contributed by atoms with E-state index in [2.05, 4.69) is 10.1 Å². The van der Waals surface area contributed by atoms with Gasteiger partial charge in [-0.25, -0.2) is 9.50 Å². The van der Waals surface area contributed by atoms with Gasteiger partial charge in [-0.2, -0.15) is 18.3 Å². The Balaban J connectivity index is 1.70. The predicted octanol–water partition coefficient (Wildman–Crippen LogP) is 4.92. The Kier molecular flexibility index (Phi) is 4.57. The van der Waals surface area contributed by atoms with Gasteiger partial charge in [-0.1, -0.05) is 24.3 Å². The minimum atomic E-state index is -4.62. The molecule has 2 aliphatic rings. The Morgan fingerprint density at radius 2 is 1.81 bits per heavy atom. The number of hydrogen-bond donors (Lipinski definition) is 0. The SMILES string of the molecule is C[C@H]1CCC[C@H](C)N1C(=O)c1cc2nc3c(c(C(F)(F)F)n2n1)CCc1ccccc1-3. The Hall–Kier alpha value is -2.90. The third-order valence-corrected chi connectivity index (χ3v) is 6.53. The number of piperidine rings is 1. The molecule has 1 saturated heterocycles. The number of carbonyl (C=O) groups excluding carboxylic acids is 1. The third-order valence-electron chi connectivity index (χ3n) is 6.53. The van der Waals surface area contributed by atoms with E-state index in [0.29, 0.717) is 17.7 Å². The average Bonchev–Trinajstić information content (AvgIpc) is 3.14. The lowest BCUT2D eigenvalue weighted by Gasteiger charge is -2.38. The zero-order valence-electron chi connectivity index (χ0n) is 17.4. The first-order valence-corrected chi connectivity index (χ1v) is 10.7. The third kappa shape index (κ3) is 3.20. The van der Waals surface area contributed by atoms with Crippen LogP contribution in [0, 0.1) is 0 Å². The van der Waals surface area contributed by atoms with Gasteiger partial charge in [0.05, 0.1) is 5.69 Å². The molecule has 3 aromatic rings. The molecule has 0 N–H and O–H groups in total. The number of likely N-dealkylation sites (tertiary alicyclic amines) is 1. The molecule has 162 valence electrons. The van der Waals surface area contributed by atoms with Crippen LogP contribution in [0.2, 0.25) is 0 Å². The van der Waals surface area contributed by atoms with E-state index in [4.69, 9.17) is 0 Å². The number of aromatic nitrogens is 3. The Labute approximate surface area is 177 Å². The number of amides is 1. The Morgan fingerprint density at radius 3 is 2.52 bits per heavy atom. The Morgan fingerprint density at radius 1 is 1.10 bits per heavy atom. The highest BCUT2D eigenvalue weighted by Gasteiger charge is 2.41. The second kappa shape index (κ2) is 7.07. The van der Waals surface area contributed by atoms with Crippen molar-refractivity contribution in [3.8, 4) is 11.3 Å². The molecule has 8 heteroatoms. The lowest BCUT2D eigenvalue weighted by atomic mass is 9.88. The van der Waals surface area contributed by atoms with Gasteiger partial charge >= 0.3 is 6.18 Å². The van der Waals surface area contributed by atoms with E-state index in [1.165, 1.54) is 6.07 Å². The van der Waals surface area contributed by atoms with Gasteiger partial charge in [-0.05, 0) is 51.5 Å². The summed E-state index contributed by atoms with van der Waals surface area (Å²) in [6.07, 6.45) is -1.09. The first-order valence-electron chi connectivity index (χ1n) is 10.7. The molecule has 0 saturated carbocycles. The molecule has 0 unspecified atom stereocenters. The van der Waals surface area contributed by atoms with Crippen LogP contribution in [-0.2, 0) is 19.0 Å². The quantitative estimate of drug-likeness (QED) is 0.553. The number of halogens is 3. The van der Waals surface area contributed by atoms with E-state index in [0.717, 1.165) is 29.3 Å². The number of carbonyl (C=O) groups is 1. The van der Waals surface area contributed by atoms with Gasteiger partial charge in [0, 0.05) is 29.3 Å². The zero-order chi connectivity index (χ0) is 21.9. The van der Waals surface area contributed by atoms with Crippen molar-refractivity contribution >= 4 is 11.6 Å². The van der Waals surface area contributed by atoms with Crippen LogP contribution in [0.5, 0.6) is 0 Å². The molecule has 1 fully saturated rings. The summed E-state index contributed by atoms with van der Waals surface area (Å²) >= 11 is 0. The summed E-state index contributed by atoms with van der Waals surface area (Å²) < 4.78 is 43.4. The van der Waals surface area contributed by atoms with Crippen LogP contribution in [0.3, 0.4) is 0 Å². The summed E-state index contributed by atoms with van der Waals surface area (Å²) in [6, 6.07) is 8.84. The maximum Gasteiger partial charge on any atom is 0.433 e. The average molecular weight is 428 g/mol. The summed E-state index contributed by atoms with van der Waals surface area (Å²) in [6.45, 7) is 3.94. The van der Waals surface area contributed by atoms with Crippen molar-refractivity contribution in [2.24, 2.45) is 0 Å². The fraction of sp³-hybridized carbons (Fsp3) is 0.435. The van der Waals surface area contributed by atoms with Crippen molar-refractivity contribution in [2.75, 3.05) is 0 Å². The van der Waals surface area contributed by atoms with Gasteiger partial charge in [0.15, 0.2) is 17.0 Å². The number of nitrogens with zero attached hydrogens (tertiary/aromatic N) is 4. The Bertz CT molecular complexity index is 1170. The second-order valence-corrected chi connectivity index (χ2v) is 8.58. The van der Waals surface area contributed by atoms with Crippen molar-refractivity contribution in [3.63, 3.8) is 0 Å². The molecular formula is C23H23F3N4O. The maximum atomic E-state index is 14.2. The molecule has 3 heterocycles. The maximum absolute atomic E-state index is 14.2. The molecule has 2 atom stereocenters. The van der Waals surface area contributed by atoms with Crippen molar-refractivity contribution in [1.82, 2.24) is 19.5 Å². The highest BCUT2D eigenvalue weighted by atomic mass is 19.4. The van der Waals surface area contributed by atoms with Crippen LogP contribution in [0.4, 0.5) is 13.2 Å². The van der Waals surface area contributed by atoms with Crippen LogP contribution in [0.25, 0.3) is 16.9 Å². The largest absolute Gasteiger partial charge is 0.433 e. The van der Waals surface area contributed by atoms with E-state index in [-0.39, 0.29) is 41.3 Å². The van der Waals surface area contributed by atoms with E-state index >= 15 is 0 Å². The molecular weight excluding hydrogens is 405 g/mol. The van der Waals surface area contributed by atoms with Gasteiger partial charge < -0.3 is 4.90 Å². The normalized spacial score (nSPS) is 21.1. The number of alkyl halides is 3. The van der Waals surface area contributed by atoms with Gasteiger partial charge in [0.1, 0.15) is 0 Å². The smallest absolute Gasteiger partial charge is 0.332 e. The molecule has 1 aliphatic heterocycles. The van der Waals surface area contributed by atoms with Gasteiger partial charge in [-0.15, -0.1) is 0 Å². The van der Waals surface area contributed by atoms with E-state index in [1.807, 2.05) is 26.0 Å². The van der Waals surface area contributed by atoms with Crippen LogP contribution in [0.1, 0.15) is 60.4 Å². The molecule has 0 bridgehead atoms. The number of aryl methyl sites for hydroxylation is 1. The summed E-state index contributed by atoms with van der Waals surface area (Å²) in [5, 5.41) is 4.13. The number of hydrogen-bond acceptors (Lipinski definition) is 3. The van der Waals surface area contributed by atoms with Gasteiger partial charge in [0.2, 0.25) is 0 Å². The highest BCUT2D eigenvalue weighted by molar-refractivity contribution is 5.94. The lowest BCUT2D eigenvalue weighted by molar-refractivity contribution is -0.143. The van der Waals surface area contributed by atoms with E-state index < -0.39 is 11.9 Å². The fourth-order valence-corrected chi connectivity index (χ4v) is 5.08. The highest BCUT2D eigenvalue weighted by Crippen LogP contribution is 2.40. The minimum absolute atomic E-state index is 0.00855. The zero-order valence-corrected chi connectivity index (χ0v) is 17.4. The summed E-state index contributed by atoms with van der Waals surface area (Å²) in [4.78, 5) is 19.5. The number of rotatable bonds is 1. The van der Waals surface area contributed by atoms with Gasteiger partial charge in [0.25, 0.3) is 5.91 Å². The van der Waals surface area contributed by atoms with Crippen LogP contribution < -0.4 is 0 Å². The molecule has 5 rings (SSSR count). The molecule has 1 amide bonds. The monoisotopic (exact) mass is 428 g/mol. The summed E-state index contributed by atoms with van der Waals surface area (Å²) in [5.74, 6) is -0.336. The second-order valence-electron chi connectivity index (χ2n) is 8.58. The molecule has 0 radical (unpaired) electrons. The molecule has 1 aromatic carbocycles. The minimum Gasteiger partial charge on any atom is -0.332 e. The predicted molar refractivity (Wildman–Crippen MR) is 110 cm³/mol. The van der Waals surface area contributed by atoms with Gasteiger partial charge in [-0.3, -0.25) is 4.79 Å². The van der Waals surface area contributed by atoms with Crippen molar-refractivity contribution in [1.29, 1.82) is 0 Å². The molecule has 5 nitrogen and oxygen atoms in total. The summed E-state index contributed by atoms with van der Waals surface area (Å²) in [5.41, 5.74) is 1.38. The summed E-state index contributed by atoms with van der Waals surface area (Å²) in [7, 11) is 0. The number of benzene rings is 1. The van der Waals surface area contributed by atoms with Crippen molar-refractivity contribution in [3.05, 3.63) is 52.8 Å². The molecule has 2 aromatic heterocycles. The molecule has 31 heavy (non-hydrogen) atoms. The lowest BCUT2D eigenvalue weighted by Crippen LogP contribution is -2.47. The first-order chi connectivity index (χ1) is 14.8. The van der Waals surface area contributed by atoms with Crippen LogP contribution >= 0.6 is 0 Å². The van der Waals surface area contributed by atoms with Crippen LogP contribution in [-0.4, -0.2) is 37.5 Å².